The van der Waals surface area contributed by atoms with Crippen molar-refractivity contribution in [3.63, 3.8) is 0 Å². The highest BCUT2D eigenvalue weighted by atomic mass is 35.5. The van der Waals surface area contributed by atoms with Crippen molar-refractivity contribution in [1.82, 2.24) is 0 Å². The molecule has 0 unspecified atom stereocenters. The van der Waals surface area contributed by atoms with Crippen LogP contribution < -0.4 is 5.73 Å². The molecule has 2 N–H and O–H groups in total. The summed E-state index contributed by atoms with van der Waals surface area (Å²) in [4.78, 5) is 20.5. The predicted octanol–water partition coefficient (Wildman–Crippen LogP) is 2.00. The Kier molecular flexibility index (Phi) is 2.93. The van der Waals surface area contributed by atoms with Crippen LogP contribution in [0, 0.1) is 10.1 Å². The van der Waals surface area contributed by atoms with Gasteiger partial charge in [-0.1, -0.05) is 23.2 Å². The van der Waals surface area contributed by atoms with Crippen molar-refractivity contribution < 1.29 is 9.72 Å². The Morgan fingerprint density at radius 3 is 2.36 bits per heavy atom. The molecule has 0 saturated carbocycles. The van der Waals surface area contributed by atoms with E-state index in [0.717, 1.165) is 12.1 Å². The molecule has 0 atom stereocenters. The maximum Gasteiger partial charge on any atom is 0.289 e. The minimum Gasteiger partial charge on any atom is -0.366 e. The zero-order chi connectivity index (χ0) is 10.9. The topological polar surface area (TPSA) is 86.2 Å². The van der Waals surface area contributed by atoms with Crippen molar-refractivity contribution in [2.24, 2.45) is 5.73 Å². The Morgan fingerprint density at radius 2 is 1.93 bits per heavy atom. The van der Waals surface area contributed by atoms with E-state index in [9.17, 15) is 14.9 Å². The average Bonchev–Trinajstić information content (AvgIpc) is 2.08. The molecule has 1 amide bonds. The molecule has 0 aromatic heterocycles. The molecule has 74 valence electrons. The Balaban J connectivity index is 3.41. The summed E-state index contributed by atoms with van der Waals surface area (Å²) < 4.78 is 0. The number of halogens is 2. The lowest BCUT2D eigenvalue weighted by Gasteiger charge is -2.01. The van der Waals surface area contributed by atoms with Crippen LogP contribution in [0.15, 0.2) is 12.1 Å². The fourth-order valence-corrected chi connectivity index (χ4v) is 1.36. The number of nitro benzene ring substituents is 1. The summed E-state index contributed by atoms with van der Waals surface area (Å²) in [6.45, 7) is 0. The van der Waals surface area contributed by atoms with Crippen molar-refractivity contribution in [3.8, 4) is 0 Å². The number of amides is 1. The van der Waals surface area contributed by atoms with E-state index in [1.54, 1.807) is 0 Å². The van der Waals surface area contributed by atoms with Gasteiger partial charge in [-0.3, -0.25) is 14.9 Å². The van der Waals surface area contributed by atoms with Gasteiger partial charge in [0.1, 0.15) is 5.02 Å². The van der Waals surface area contributed by atoms with Crippen LogP contribution in [0.1, 0.15) is 10.4 Å². The second-order valence-electron chi connectivity index (χ2n) is 2.38. The molecule has 0 heterocycles. The van der Waals surface area contributed by atoms with Gasteiger partial charge in [0.2, 0.25) is 5.91 Å². The van der Waals surface area contributed by atoms with Crippen LogP contribution in [0.5, 0.6) is 0 Å². The Morgan fingerprint density at radius 1 is 1.36 bits per heavy atom. The zero-order valence-electron chi connectivity index (χ0n) is 6.66. The van der Waals surface area contributed by atoms with Crippen LogP contribution in [0.2, 0.25) is 10.0 Å². The molecule has 0 aliphatic rings. The van der Waals surface area contributed by atoms with Crippen LogP contribution in [0.25, 0.3) is 0 Å². The normalized spacial score (nSPS) is 9.86. The number of nitro groups is 1. The number of rotatable bonds is 2. The summed E-state index contributed by atoms with van der Waals surface area (Å²) in [5.74, 6) is -0.785. The molecular formula is C7H4Cl2N2O3. The van der Waals surface area contributed by atoms with Gasteiger partial charge in [0.25, 0.3) is 5.69 Å². The fourth-order valence-electron chi connectivity index (χ4n) is 0.871. The highest BCUT2D eigenvalue weighted by Crippen LogP contribution is 2.33. The van der Waals surface area contributed by atoms with E-state index < -0.39 is 10.8 Å². The number of nitrogens with zero attached hydrogens (tertiary/aromatic N) is 1. The number of carbonyl (C=O) groups is 1. The molecule has 0 fully saturated rings. The molecular weight excluding hydrogens is 231 g/mol. The summed E-state index contributed by atoms with van der Waals surface area (Å²) in [6, 6.07) is 2.24. The fraction of sp³-hybridized carbons (Fsp3) is 0. The van der Waals surface area contributed by atoms with Gasteiger partial charge in [-0.2, -0.15) is 0 Å². The molecule has 1 rings (SSSR count). The molecule has 1 aromatic carbocycles. The van der Waals surface area contributed by atoms with Crippen molar-refractivity contribution in [2.45, 2.75) is 0 Å². The van der Waals surface area contributed by atoms with E-state index in [-0.39, 0.29) is 21.3 Å². The van der Waals surface area contributed by atoms with E-state index in [0.29, 0.717) is 0 Å². The summed E-state index contributed by atoms with van der Waals surface area (Å²) in [6.07, 6.45) is 0. The van der Waals surface area contributed by atoms with Crippen LogP contribution in [-0.2, 0) is 0 Å². The van der Waals surface area contributed by atoms with Gasteiger partial charge in [0.05, 0.1) is 15.5 Å². The Hall–Kier alpha value is -1.33. The summed E-state index contributed by atoms with van der Waals surface area (Å²) >= 11 is 11.2. The van der Waals surface area contributed by atoms with Gasteiger partial charge in [0, 0.05) is 6.07 Å². The minimum atomic E-state index is -0.785. The molecule has 0 aliphatic heterocycles. The number of primary amides is 1. The first kappa shape index (κ1) is 10.7. The minimum absolute atomic E-state index is 0.0396. The first-order chi connectivity index (χ1) is 6.45. The molecule has 0 saturated heterocycles. The molecule has 1 aromatic rings. The molecule has 5 nitrogen and oxygen atoms in total. The van der Waals surface area contributed by atoms with Crippen LogP contribution in [-0.4, -0.2) is 10.8 Å². The number of hydrogen-bond acceptors (Lipinski definition) is 3. The second-order valence-corrected chi connectivity index (χ2v) is 3.14. The van der Waals surface area contributed by atoms with E-state index in [1.807, 2.05) is 0 Å². The third-order valence-electron chi connectivity index (χ3n) is 1.52. The van der Waals surface area contributed by atoms with Crippen molar-refractivity contribution in [3.05, 3.63) is 37.9 Å². The Labute approximate surface area is 88.6 Å². The van der Waals surface area contributed by atoms with E-state index in [4.69, 9.17) is 28.9 Å². The van der Waals surface area contributed by atoms with Gasteiger partial charge < -0.3 is 5.73 Å². The average molecular weight is 235 g/mol. The summed E-state index contributed by atoms with van der Waals surface area (Å²) in [5, 5.41) is 9.92. The molecule has 0 aliphatic carbocycles. The van der Waals surface area contributed by atoms with Crippen molar-refractivity contribution >= 4 is 34.8 Å². The van der Waals surface area contributed by atoms with Gasteiger partial charge in [0.15, 0.2) is 0 Å². The monoisotopic (exact) mass is 234 g/mol. The highest BCUT2D eigenvalue weighted by Gasteiger charge is 2.19. The molecule has 14 heavy (non-hydrogen) atoms. The molecule has 0 radical (unpaired) electrons. The lowest BCUT2D eigenvalue weighted by atomic mass is 10.2. The second kappa shape index (κ2) is 3.81. The standard InChI is InChI=1S/C7H4Cl2N2O3/c8-5-3(7(10)12)1-2-4(6(5)9)11(13)14/h1-2H,(H2,10,12). The molecule has 0 spiro atoms. The summed E-state index contributed by atoms with van der Waals surface area (Å²) in [7, 11) is 0. The number of benzene rings is 1. The van der Waals surface area contributed by atoms with Gasteiger partial charge in [-0.25, -0.2) is 0 Å². The largest absolute Gasteiger partial charge is 0.366 e. The number of hydrogen-bond donors (Lipinski definition) is 1. The van der Waals surface area contributed by atoms with E-state index >= 15 is 0 Å². The lowest BCUT2D eigenvalue weighted by molar-refractivity contribution is -0.384. The predicted molar refractivity (Wildman–Crippen MR) is 51.6 cm³/mol. The number of nitrogens with two attached hydrogens (primary N) is 1. The first-order valence-electron chi connectivity index (χ1n) is 3.37. The van der Waals surface area contributed by atoms with Gasteiger partial charge in [-0.15, -0.1) is 0 Å². The van der Waals surface area contributed by atoms with Gasteiger partial charge in [-0.05, 0) is 6.07 Å². The van der Waals surface area contributed by atoms with Crippen molar-refractivity contribution in [2.75, 3.05) is 0 Å². The van der Waals surface area contributed by atoms with Crippen molar-refractivity contribution in [1.29, 1.82) is 0 Å². The lowest BCUT2D eigenvalue weighted by Crippen LogP contribution is -2.11. The number of carbonyl (C=O) groups excluding carboxylic acids is 1. The summed E-state index contributed by atoms with van der Waals surface area (Å²) in [5.41, 5.74) is 4.56. The first-order valence-corrected chi connectivity index (χ1v) is 4.13. The third kappa shape index (κ3) is 1.78. The van der Waals surface area contributed by atoms with Crippen LogP contribution in [0.4, 0.5) is 5.69 Å². The van der Waals surface area contributed by atoms with E-state index in [2.05, 4.69) is 0 Å². The maximum atomic E-state index is 10.8. The SMILES string of the molecule is NC(=O)c1ccc([N+](=O)[O-])c(Cl)c1Cl. The quantitative estimate of drug-likeness (QED) is 0.628. The maximum absolute atomic E-state index is 10.8. The molecule has 7 heteroatoms. The third-order valence-corrected chi connectivity index (χ3v) is 2.40. The van der Waals surface area contributed by atoms with Gasteiger partial charge >= 0.3 is 0 Å². The Bertz CT molecular complexity index is 381. The van der Waals surface area contributed by atoms with Crippen LogP contribution in [0.3, 0.4) is 0 Å². The molecule has 0 bridgehead atoms. The van der Waals surface area contributed by atoms with E-state index in [1.165, 1.54) is 0 Å². The van der Waals surface area contributed by atoms with Crippen LogP contribution >= 0.6 is 23.2 Å². The smallest absolute Gasteiger partial charge is 0.289 e. The zero-order valence-corrected chi connectivity index (χ0v) is 8.17. The highest BCUT2D eigenvalue weighted by molar-refractivity contribution is 6.45.